The van der Waals surface area contributed by atoms with Crippen molar-refractivity contribution in [2.75, 3.05) is 0 Å². The van der Waals surface area contributed by atoms with Crippen molar-refractivity contribution in [1.82, 2.24) is 4.98 Å². The lowest BCUT2D eigenvalue weighted by Gasteiger charge is -2.20. The Labute approximate surface area is 108 Å². The highest BCUT2D eigenvalue weighted by Crippen LogP contribution is 2.31. The van der Waals surface area contributed by atoms with Crippen LogP contribution in [0.15, 0.2) is 30.3 Å². The number of benzene rings is 1. The molecular weight excluding hydrogens is 222 g/mol. The number of rotatable bonds is 3. The maximum absolute atomic E-state index is 11.9. The van der Waals surface area contributed by atoms with Crippen molar-refractivity contribution in [3.8, 4) is 0 Å². The molecular formula is C16H19NO. The van der Waals surface area contributed by atoms with Crippen LogP contribution < -0.4 is 0 Å². The molecule has 0 saturated heterocycles. The van der Waals surface area contributed by atoms with Crippen LogP contribution in [0, 0.1) is 12.8 Å². The van der Waals surface area contributed by atoms with Crippen LogP contribution in [0.25, 0.3) is 10.9 Å². The van der Waals surface area contributed by atoms with Gasteiger partial charge in [0.1, 0.15) is 5.78 Å². The highest BCUT2D eigenvalue weighted by Gasteiger charge is 2.23. The number of pyridine rings is 1. The average Bonchev–Trinajstić information content (AvgIpc) is 2.27. The molecule has 1 heterocycles. The smallest absolute Gasteiger partial charge is 0.137 e. The molecule has 94 valence electrons. The summed E-state index contributed by atoms with van der Waals surface area (Å²) >= 11 is 0. The first-order valence-corrected chi connectivity index (χ1v) is 6.37. The van der Waals surface area contributed by atoms with E-state index in [1.165, 1.54) is 0 Å². The van der Waals surface area contributed by atoms with Crippen LogP contribution in [0.1, 0.15) is 37.9 Å². The predicted molar refractivity (Wildman–Crippen MR) is 74.7 cm³/mol. The second kappa shape index (κ2) is 4.89. The van der Waals surface area contributed by atoms with Crippen LogP contribution in [0.4, 0.5) is 0 Å². The van der Waals surface area contributed by atoms with Gasteiger partial charge in [0.25, 0.3) is 0 Å². The molecule has 0 fully saturated rings. The van der Waals surface area contributed by atoms with Crippen LogP contribution in [0.2, 0.25) is 0 Å². The number of fused-ring (bicyclic) bond motifs is 1. The number of aromatic nitrogens is 1. The number of ketones is 1. The van der Waals surface area contributed by atoms with Gasteiger partial charge in [-0.1, -0.05) is 32.0 Å². The van der Waals surface area contributed by atoms with Gasteiger partial charge in [0.05, 0.1) is 5.52 Å². The highest BCUT2D eigenvalue weighted by atomic mass is 16.1. The molecule has 0 aliphatic rings. The molecule has 2 nitrogen and oxygen atoms in total. The fourth-order valence-electron chi connectivity index (χ4n) is 2.65. The summed E-state index contributed by atoms with van der Waals surface area (Å²) in [7, 11) is 0. The Bertz CT molecular complexity index is 587. The van der Waals surface area contributed by atoms with Crippen LogP contribution in [0.5, 0.6) is 0 Å². The molecule has 1 aromatic heterocycles. The minimum Gasteiger partial charge on any atom is -0.299 e. The van der Waals surface area contributed by atoms with Crippen molar-refractivity contribution in [2.45, 2.75) is 33.6 Å². The van der Waals surface area contributed by atoms with Crippen molar-refractivity contribution in [2.24, 2.45) is 5.92 Å². The summed E-state index contributed by atoms with van der Waals surface area (Å²) in [6, 6.07) is 10.1. The maximum atomic E-state index is 11.9. The van der Waals surface area contributed by atoms with Gasteiger partial charge in [-0.05, 0) is 37.5 Å². The highest BCUT2D eigenvalue weighted by molar-refractivity contribution is 5.91. The van der Waals surface area contributed by atoms with E-state index in [2.05, 4.69) is 31.0 Å². The molecule has 0 saturated carbocycles. The lowest BCUT2D eigenvalue weighted by molar-refractivity contribution is -0.119. The van der Waals surface area contributed by atoms with Gasteiger partial charge in [0, 0.05) is 17.0 Å². The number of carbonyl (C=O) groups is 1. The van der Waals surface area contributed by atoms with Gasteiger partial charge in [0.15, 0.2) is 0 Å². The van der Waals surface area contributed by atoms with E-state index in [0.717, 1.165) is 22.2 Å². The van der Waals surface area contributed by atoms with Crippen LogP contribution >= 0.6 is 0 Å². The zero-order valence-corrected chi connectivity index (χ0v) is 11.4. The quantitative estimate of drug-likeness (QED) is 0.816. The molecule has 0 spiro atoms. The molecule has 0 aliphatic heterocycles. The molecule has 18 heavy (non-hydrogen) atoms. The molecule has 0 bridgehead atoms. The topological polar surface area (TPSA) is 30.0 Å². The Morgan fingerprint density at radius 3 is 2.50 bits per heavy atom. The summed E-state index contributed by atoms with van der Waals surface area (Å²) in [6.07, 6.45) is 0. The van der Waals surface area contributed by atoms with Crippen molar-refractivity contribution >= 4 is 16.7 Å². The van der Waals surface area contributed by atoms with E-state index in [1.54, 1.807) is 6.92 Å². The van der Waals surface area contributed by atoms with Gasteiger partial charge < -0.3 is 0 Å². The van der Waals surface area contributed by atoms with E-state index in [-0.39, 0.29) is 11.7 Å². The third-order valence-electron chi connectivity index (χ3n) is 3.32. The molecule has 1 atom stereocenters. The van der Waals surface area contributed by atoms with Gasteiger partial charge in [-0.2, -0.15) is 0 Å². The number of Topliss-reactive ketones (excluding diaryl/α,β-unsaturated/α-hetero) is 1. The van der Waals surface area contributed by atoms with Crippen molar-refractivity contribution < 1.29 is 4.79 Å². The zero-order chi connectivity index (χ0) is 13.3. The molecule has 2 aromatic rings. The first kappa shape index (κ1) is 12.7. The summed E-state index contributed by atoms with van der Waals surface area (Å²) in [4.78, 5) is 16.4. The number of carbonyl (C=O) groups excluding carboxylic acids is 1. The van der Waals surface area contributed by atoms with E-state index < -0.39 is 0 Å². The first-order valence-electron chi connectivity index (χ1n) is 6.37. The van der Waals surface area contributed by atoms with E-state index in [1.807, 2.05) is 25.1 Å². The minimum absolute atomic E-state index is 0.0448. The summed E-state index contributed by atoms with van der Waals surface area (Å²) in [6.45, 7) is 7.84. The largest absolute Gasteiger partial charge is 0.299 e. The molecule has 0 radical (unpaired) electrons. The van der Waals surface area contributed by atoms with E-state index in [9.17, 15) is 4.79 Å². The summed E-state index contributed by atoms with van der Waals surface area (Å²) in [5.74, 6) is 0.477. The fourth-order valence-corrected chi connectivity index (χ4v) is 2.65. The zero-order valence-electron chi connectivity index (χ0n) is 11.4. The van der Waals surface area contributed by atoms with Gasteiger partial charge in [-0.3, -0.25) is 9.78 Å². The third kappa shape index (κ3) is 2.28. The average molecular weight is 241 g/mol. The number of para-hydroxylation sites is 1. The van der Waals surface area contributed by atoms with Crippen LogP contribution in [-0.2, 0) is 4.79 Å². The number of nitrogens with zero attached hydrogens (tertiary/aromatic N) is 1. The molecule has 2 heteroatoms. The van der Waals surface area contributed by atoms with Gasteiger partial charge in [-0.15, -0.1) is 0 Å². The third-order valence-corrected chi connectivity index (χ3v) is 3.32. The molecule has 0 amide bonds. The molecule has 1 aromatic carbocycles. The van der Waals surface area contributed by atoms with E-state index >= 15 is 0 Å². The first-order chi connectivity index (χ1) is 8.50. The van der Waals surface area contributed by atoms with Gasteiger partial charge in [0.2, 0.25) is 0 Å². The Balaban J connectivity index is 2.72. The van der Waals surface area contributed by atoms with Gasteiger partial charge >= 0.3 is 0 Å². The second-order valence-corrected chi connectivity index (χ2v) is 5.20. The fraction of sp³-hybridized carbons (Fsp3) is 0.375. The predicted octanol–water partition coefficient (Wildman–Crippen LogP) is 3.87. The number of hydrogen-bond donors (Lipinski definition) is 0. The number of hydrogen-bond acceptors (Lipinski definition) is 2. The normalized spacial score (nSPS) is 12.9. The molecule has 0 aliphatic carbocycles. The van der Waals surface area contributed by atoms with Crippen molar-refractivity contribution in [1.29, 1.82) is 0 Å². The Kier molecular flexibility index (Phi) is 3.46. The van der Waals surface area contributed by atoms with Crippen LogP contribution in [-0.4, -0.2) is 10.8 Å². The maximum Gasteiger partial charge on any atom is 0.137 e. The minimum atomic E-state index is -0.0448. The summed E-state index contributed by atoms with van der Waals surface area (Å²) < 4.78 is 0. The second-order valence-electron chi connectivity index (χ2n) is 5.20. The van der Waals surface area contributed by atoms with Crippen LogP contribution in [0.3, 0.4) is 0 Å². The standard InChI is InChI=1S/C16H19NO/c1-10(2)16(12(4)18)14-9-11(3)17-15-8-6-5-7-13(14)15/h5-10,16H,1-4H3. The Morgan fingerprint density at radius 1 is 1.22 bits per heavy atom. The lowest BCUT2D eigenvalue weighted by Crippen LogP contribution is -2.16. The monoisotopic (exact) mass is 241 g/mol. The van der Waals surface area contributed by atoms with Gasteiger partial charge in [-0.25, -0.2) is 0 Å². The Morgan fingerprint density at radius 2 is 1.89 bits per heavy atom. The Hall–Kier alpha value is -1.70. The molecule has 0 N–H and O–H groups in total. The summed E-state index contributed by atoms with van der Waals surface area (Å²) in [5.41, 5.74) is 3.05. The van der Waals surface area contributed by atoms with E-state index in [4.69, 9.17) is 0 Å². The lowest BCUT2D eigenvalue weighted by atomic mass is 9.83. The molecule has 2 rings (SSSR count). The molecule has 1 unspecified atom stereocenters. The van der Waals surface area contributed by atoms with Crippen molar-refractivity contribution in [3.63, 3.8) is 0 Å². The SMILES string of the molecule is CC(=O)C(c1cc(C)nc2ccccc12)C(C)C. The van der Waals surface area contributed by atoms with E-state index in [0.29, 0.717) is 5.92 Å². The summed E-state index contributed by atoms with van der Waals surface area (Å²) in [5, 5.41) is 1.09. The number of aryl methyl sites for hydroxylation is 1. The van der Waals surface area contributed by atoms with Crippen molar-refractivity contribution in [3.05, 3.63) is 41.6 Å².